The Hall–Kier alpha value is -1.21. The van der Waals surface area contributed by atoms with Crippen LogP contribution in [0.4, 0.5) is 4.39 Å². The predicted octanol–water partition coefficient (Wildman–Crippen LogP) is 3.71. The number of nitriles is 1. The van der Waals surface area contributed by atoms with Gasteiger partial charge in [-0.3, -0.25) is 4.79 Å². The molecule has 0 spiro atoms. The third-order valence-electron chi connectivity index (χ3n) is 2.40. The molecule has 2 nitrogen and oxygen atoms in total. The first-order valence-electron chi connectivity index (χ1n) is 4.96. The van der Waals surface area contributed by atoms with E-state index in [0.717, 1.165) is 0 Å². The minimum absolute atomic E-state index is 0.115. The Morgan fingerprint density at radius 1 is 1.62 bits per heavy atom. The van der Waals surface area contributed by atoms with Crippen LogP contribution in [0.25, 0.3) is 0 Å². The average molecular weight is 284 g/mol. The molecule has 4 heteroatoms. The first kappa shape index (κ1) is 12.9. The second kappa shape index (κ2) is 5.76. The van der Waals surface area contributed by atoms with Crippen molar-refractivity contribution in [1.82, 2.24) is 0 Å². The molecule has 0 saturated carbocycles. The Kier molecular flexibility index (Phi) is 4.63. The summed E-state index contributed by atoms with van der Waals surface area (Å²) in [6, 6.07) is 5.94. The third kappa shape index (κ3) is 2.89. The minimum atomic E-state index is -0.392. The SMILES string of the molecule is CCC(CC#N)C(=O)c1ccc(F)cc1Br. The van der Waals surface area contributed by atoms with Crippen LogP contribution in [0.3, 0.4) is 0 Å². The van der Waals surface area contributed by atoms with Gasteiger partial charge in [-0.25, -0.2) is 4.39 Å². The molecule has 1 atom stereocenters. The zero-order valence-corrected chi connectivity index (χ0v) is 10.4. The number of rotatable bonds is 4. The maximum Gasteiger partial charge on any atom is 0.168 e. The summed E-state index contributed by atoms with van der Waals surface area (Å²) in [5.41, 5.74) is 0.434. The van der Waals surface area contributed by atoms with Crippen LogP contribution < -0.4 is 0 Å². The molecule has 0 aliphatic heterocycles. The number of benzene rings is 1. The standard InChI is InChI=1S/C12H11BrFNO/c1-2-8(5-6-15)12(16)10-4-3-9(14)7-11(10)13/h3-4,7-8H,2,5H2,1H3. The van der Waals surface area contributed by atoms with E-state index in [9.17, 15) is 9.18 Å². The van der Waals surface area contributed by atoms with Crippen molar-refractivity contribution in [3.05, 3.63) is 34.1 Å². The number of hydrogen-bond donors (Lipinski definition) is 0. The lowest BCUT2D eigenvalue weighted by molar-refractivity contribution is 0.0918. The molecule has 84 valence electrons. The molecule has 1 aromatic carbocycles. The van der Waals surface area contributed by atoms with Crippen molar-refractivity contribution in [1.29, 1.82) is 5.26 Å². The van der Waals surface area contributed by atoms with Gasteiger partial charge in [0, 0.05) is 22.4 Å². The summed E-state index contributed by atoms with van der Waals surface area (Å²) in [6.45, 7) is 1.86. The van der Waals surface area contributed by atoms with Crippen molar-refractivity contribution < 1.29 is 9.18 Å². The van der Waals surface area contributed by atoms with E-state index in [1.54, 1.807) is 0 Å². The van der Waals surface area contributed by atoms with E-state index in [4.69, 9.17) is 5.26 Å². The van der Waals surface area contributed by atoms with Gasteiger partial charge in [0.05, 0.1) is 6.07 Å². The van der Waals surface area contributed by atoms with Crippen molar-refractivity contribution in [3.8, 4) is 6.07 Å². The molecule has 0 N–H and O–H groups in total. The van der Waals surface area contributed by atoms with Gasteiger partial charge in [0.1, 0.15) is 5.82 Å². The first-order valence-corrected chi connectivity index (χ1v) is 5.75. The lowest BCUT2D eigenvalue weighted by Crippen LogP contribution is -2.14. The average Bonchev–Trinajstić information content (AvgIpc) is 2.25. The number of Topliss-reactive ketones (excluding diaryl/α,β-unsaturated/α-hetero) is 1. The maximum atomic E-state index is 12.8. The number of carbonyl (C=O) groups is 1. The molecular formula is C12H11BrFNO. The smallest absolute Gasteiger partial charge is 0.168 e. The molecule has 0 saturated heterocycles. The molecule has 0 bridgehead atoms. The van der Waals surface area contributed by atoms with Gasteiger partial charge in [-0.05, 0) is 40.5 Å². The van der Waals surface area contributed by atoms with E-state index in [1.807, 2.05) is 13.0 Å². The van der Waals surface area contributed by atoms with Gasteiger partial charge in [0.15, 0.2) is 5.78 Å². The molecular weight excluding hydrogens is 273 g/mol. The summed E-state index contributed by atoms with van der Waals surface area (Å²) < 4.78 is 13.3. The van der Waals surface area contributed by atoms with Gasteiger partial charge in [-0.2, -0.15) is 5.26 Å². The summed E-state index contributed by atoms with van der Waals surface area (Å²) >= 11 is 3.15. The summed E-state index contributed by atoms with van der Waals surface area (Å²) in [5.74, 6) is -0.820. The predicted molar refractivity (Wildman–Crippen MR) is 62.4 cm³/mol. The van der Waals surface area contributed by atoms with E-state index in [2.05, 4.69) is 15.9 Å². The van der Waals surface area contributed by atoms with Crippen molar-refractivity contribution in [2.75, 3.05) is 0 Å². The third-order valence-corrected chi connectivity index (χ3v) is 3.05. The number of halogens is 2. The molecule has 0 fully saturated rings. The van der Waals surface area contributed by atoms with E-state index in [-0.39, 0.29) is 18.1 Å². The number of hydrogen-bond acceptors (Lipinski definition) is 2. The van der Waals surface area contributed by atoms with E-state index in [0.29, 0.717) is 16.5 Å². The first-order chi connectivity index (χ1) is 7.60. The van der Waals surface area contributed by atoms with Gasteiger partial charge < -0.3 is 0 Å². The lowest BCUT2D eigenvalue weighted by atomic mass is 9.93. The normalized spacial score (nSPS) is 11.9. The zero-order chi connectivity index (χ0) is 12.1. The summed E-state index contributed by atoms with van der Waals surface area (Å²) in [5, 5.41) is 8.60. The molecule has 1 rings (SSSR count). The van der Waals surface area contributed by atoms with Gasteiger partial charge >= 0.3 is 0 Å². The summed E-state index contributed by atoms with van der Waals surface area (Å²) in [4.78, 5) is 12.0. The van der Waals surface area contributed by atoms with Gasteiger partial charge in [-0.15, -0.1) is 0 Å². The topological polar surface area (TPSA) is 40.9 Å². The number of ketones is 1. The molecule has 0 aromatic heterocycles. The quantitative estimate of drug-likeness (QED) is 0.791. The van der Waals surface area contributed by atoms with Crippen LogP contribution in [0.1, 0.15) is 30.1 Å². The highest BCUT2D eigenvalue weighted by atomic mass is 79.9. The second-order valence-corrected chi connectivity index (χ2v) is 4.31. The van der Waals surface area contributed by atoms with Crippen molar-refractivity contribution in [2.45, 2.75) is 19.8 Å². The fraction of sp³-hybridized carbons (Fsp3) is 0.333. The van der Waals surface area contributed by atoms with Gasteiger partial charge in [0.2, 0.25) is 0 Å². The zero-order valence-electron chi connectivity index (χ0n) is 8.84. The molecule has 1 aromatic rings. The fourth-order valence-corrected chi connectivity index (χ4v) is 1.99. The lowest BCUT2D eigenvalue weighted by Gasteiger charge is -2.11. The Labute approximate surface area is 102 Å². The van der Waals surface area contributed by atoms with Crippen LogP contribution in [0.5, 0.6) is 0 Å². The molecule has 1 unspecified atom stereocenters. The van der Waals surface area contributed by atoms with Crippen molar-refractivity contribution >= 4 is 21.7 Å². The van der Waals surface area contributed by atoms with E-state index < -0.39 is 5.82 Å². The molecule has 0 aliphatic carbocycles. The highest BCUT2D eigenvalue weighted by molar-refractivity contribution is 9.10. The largest absolute Gasteiger partial charge is 0.294 e. The van der Waals surface area contributed by atoms with E-state index in [1.165, 1.54) is 18.2 Å². The Morgan fingerprint density at radius 2 is 2.31 bits per heavy atom. The molecule has 16 heavy (non-hydrogen) atoms. The van der Waals surface area contributed by atoms with Gasteiger partial charge in [0.25, 0.3) is 0 Å². The molecule has 0 radical (unpaired) electrons. The summed E-state index contributed by atoms with van der Waals surface area (Å²) in [7, 11) is 0. The number of nitrogens with zero attached hydrogens (tertiary/aromatic N) is 1. The molecule has 0 heterocycles. The fourth-order valence-electron chi connectivity index (χ4n) is 1.44. The van der Waals surface area contributed by atoms with Crippen molar-refractivity contribution in [3.63, 3.8) is 0 Å². The minimum Gasteiger partial charge on any atom is -0.294 e. The molecule has 0 amide bonds. The Balaban J connectivity index is 3.00. The Bertz CT molecular complexity index is 439. The number of carbonyl (C=O) groups excluding carboxylic acids is 1. The van der Waals surface area contributed by atoms with Crippen LogP contribution >= 0.6 is 15.9 Å². The Morgan fingerprint density at radius 3 is 2.81 bits per heavy atom. The van der Waals surface area contributed by atoms with Crippen LogP contribution in [-0.4, -0.2) is 5.78 Å². The highest BCUT2D eigenvalue weighted by Gasteiger charge is 2.20. The van der Waals surface area contributed by atoms with Crippen LogP contribution in [0.15, 0.2) is 22.7 Å². The summed E-state index contributed by atoms with van der Waals surface area (Å²) in [6.07, 6.45) is 0.801. The molecule has 0 aliphatic rings. The van der Waals surface area contributed by atoms with E-state index >= 15 is 0 Å². The van der Waals surface area contributed by atoms with Crippen LogP contribution in [0, 0.1) is 23.1 Å². The van der Waals surface area contributed by atoms with Crippen molar-refractivity contribution in [2.24, 2.45) is 5.92 Å². The maximum absolute atomic E-state index is 12.8. The van der Waals surface area contributed by atoms with Gasteiger partial charge in [-0.1, -0.05) is 6.92 Å². The monoisotopic (exact) mass is 283 g/mol. The van der Waals surface area contributed by atoms with Crippen LogP contribution in [0.2, 0.25) is 0 Å². The second-order valence-electron chi connectivity index (χ2n) is 3.46. The van der Waals surface area contributed by atoms with Crippen LogP contribution in [-0.2, 0) is 0 Å². The highest BCUT2D eigenvalue weighted by Crippen LogP contribution is 2.23.